The van der Waals surface area contributed by atoms with Crippen LogP contribution in [0.15, 0.2) is 76.8 Å². The molecule has 1 heterocycles. The molecule has 1 saturated heterocycles. The Kier molecular flexibility index (Phi) is 7.03. The maximum absolute atomic E-state index is 14.8. The highest BCUT2D eigenvalue weighted by Crippen LogP contribution is 2.43. The summed E-state index contributed by atoms with van der Waals surface area (Å²) in [5.41, 5.74) is 1.15. The zero-order valence-corrected chi connectivity index (χ0v) is 20.7. The smallest absolute Gasteiger partial charge is 0.300 e. The van der Waals surface area contributed by atoms with Gasteiger partial charge in [-0.1, -0.05) is 40.2 Å². The van der Waals surface area contributed by atoms with E-state index in [-0.39, 0.29) is 11.3 Å². The van der Waals surface area contributed by atoms with Gasteiger partial charge in [0, 0.05) is 34.9 Å². The molecule has 0 spiro atoms. The van der Waals surface area contributed by atoms with Crippen LogP contribution in [0.4, 0.5) is 20.2 Å². The van der Waals surface area contributed by atoms with Crippen LogP contribution in [-0.4, -0.2) is 29.9 Å². The van der Waals surface area contributed by atoms with Crippen LogP contribution in [0.2, 0.25) is 0 Å². The molecule has 8 heteroatoms. The Balaban J connectivity index is 1.93. The number of aliphatic hydroxyl groups excluding tert-OH is 1. The molecule has 5 nitrogen and oxygen atoms in total. The highest BCUT2D eigenvalue weighted by molar-refractivity contribution is 9.10. The third-order valence-corrected chi connectivity index (χ3v) is 6.60. The summed E-state index contributed by atoms with van der Waals surface area (Å²) in [7, 11) is 0. The van der Waals surface area contributed by atoms with Gasteiger partial charge in [-0.3, -0.25) is 14.5 Å². The fourth-order valence-corrected chi connectivity index (χ4v) is 4.55. The van der Waals surface area contributed by atoms with Crippen LogP contribution in [0.5, 0.6) is 0 Å². The molecule has 1 atom stereocenters. The predicted molar refractivity (Wildman–Crippen MR) is 135 cm³/mol. The molecule has 1 N–H and O–H groups in total. The minimum Gasteiger partial charge on any atom is -0.507 e. The number of halogens is 3. The van der Waals surface area contributed by atoms with Gasteiger partial charge >= 0.3 is 0 Å². The van der Waals surface area contributed by atoms with Crippen LogP contribution in [0.1, 0.15) is 31.0 Å². The van der Waals surface area contributed by atoms with Crippen LogP contribution in [0.25, 0.3) is 5.76 Å². The summed E-state index contributed by atoms with van der Waals surface area (Å²) < 4.78 is 29.6. The number of Topliss-reactive ketones (excluding diaryl/α,β-unsaturated/α-hetero) is 1. The molecule has 3 aromatic carbocycles. The summed E-state index contributed by atoms with van der Waals surface area (Å²) in [6.07, 6.45) is 0. The normalized spacial score (nSPS) is 17.2. The van der Waals surface area contributed by atoms with Gasteiger partial charge in [-0.25, -0.2) is 8.78 Å². The molecule has 1 aliphatic heterocycles. The van der Waals surface area contributed by atoms with Gasteiger partial charge in [-0.05, 0) is 55.8 Å². The van der Waals surface area contributed by atoms with Gasteiger partial charge in [-0.2, -0.15) is 0 Å². The monoisotopic (exact) mass is 540 g/mol. The van der Waals surface area contributed by atoms with Crippen molar-refractivity contribution >= 4 is 44.8 Å². The lowest BCUT2D eigenvalue weighted by molar-refractivity contribution is -0.132. The second-order valence-electron chi connectivity index (χ2n) is 8.04. The Morgan fingerprint density at radius 3 is 2.20 bits per heavy atom. The van der Waals surface area contributed by atoms with E-state index in [1.165, 1.54) is 0 Å². The van der Waals surface area contributed by atoms with E-state index in [2.05, 4.69) is 20.8 Å². The molecule has 3 aromatic rings. The topological polar surface area (TPSA) is 60.9 Å². The first-order valence-electron chi connectivity index (χ1n) is 11.1. The van der Waals surface area contributed by atoms with Gasteiger partial charge < -0.3 is 10.0 Å². The van der Waals surface area contributed by atoms with Crippen molar-refractivity contribution in [2.45, 2.75) is 19.9 Å². The number of aliphatic hydroxyl groups is 1. The van der Waals surface area contributed by atoms with Gasteiger partial charge in [0.1, 0.15) is 17.4 Å². The number of nitrogens with zero attached hydrogens (tertiary/aromatic N) is 2. The first-order valence-corrected chi connectivity index (χ1v) is 11.9. The first kappa shape index (κ1) is 24.6. The number of ketones is 1. The molecule has 1 unspecified atom stereocenters. The molecule has 0 saturated carbocycles. The number of hydrogen-bond acceptors (Lipinski definition) is 4. The van der Waals surface area contributed by atoms with Crippen LogP contribution in [0, 0.1) is 11.6 Å². The third-order valence-electron chi connectivity index (χ3n) is 6.07. The fraction of sp³-hybridized carbons (Fsp3) is 0.185. The summed E-state index contributed by atoms with van der Waals surface area (Å²) in [4.78, 5) is 29.4. The van der Waals surface area contributed by atoms with Crippen LogP contribution in [-0.2, 0) is 9.59 Å². The average molecular weight is 541 g/mol. The number of carbonyl (C=O) groups is 2. The number of anilines is 2. The lowest BCUT2D eigenvalue weighted by atomic mass is 9.95. The van der Waals surface area contributed by atoms with Gasteiger partial charge in [-0.15, -0.1) is 0 Å². The van der Waals surface area contributed by atoms with E-state index in [9.17, 15) is 23.5 Å². The molecule has 35 heavy (non-hydrogen) atoms. The molecule has 0 aromatic heterocycles. The highest BCUT2D eigenvalue weighted by atomic mass is 79.9. The predicted octanol–water partition coefficient (Wildman–Crippen LogP) is 6.20. The molecule has 180 valence electrons. The average Bonchev–Trinajstić information content (AvgIpc) is 3.12. The Bertz CT molecular complexity index is 1300. The maximum atomic E-state index is 14.8. The Morgan fingerprint density at radius 2 is 1.60 bits per heavy atom. The minimum atomic E-state index is -1.15. The van der Waals surface area contributed by atoms with Crippen molar-refractivity contribution in [3.8, 4) is 0 Å². The Labute approximate surface area is 210 Å². The molecule has 1 amide bonds. The number of hydrogen-bond donors (Lipinski definition) is 1. The summed E-state index contributed by atoms with van der Waals surface area (Å²) in [5, 5.41) is 11.1. The summed E-state index contributed by atoms with van der Waals surface area (Å²) in [6, 6.07) is 15.2. The summed E-state index contributed by atoms with van der Waals surface area (Å²) >= 11 is 3.32. The molecule has 0 aliphatic carbocycles. The van der Waals surface area contributed by atoms with Crippen molar-refractivity contribution in [3.05, 3.63) is 99.5 Å². The SMILES string of the molecule is CCN(CC)c1ccc(C2/C(=C(\O)c3ccc(Br)cc3)C(=O)C(=O)N2c2cc(F)ccc2F)cc1. The number of carbonyl (C=O) groups excluding carboxylic acids is 2. The summed E-state index contributed by atoms with van der Waals surface area (Å²) in [5.74, 6) is -4.04. The maximum Gasteiger partial charge on any atom is 0.300 e. The lowest BCUT2D eigenvalue weighted by Gasteiger charge is -2.27. The third kappa shape index (κ3) is 4.58. The van der Waals surface area contributed by atoms with Crippen LogP contribution >= 0.6 is 15.9 Å². The Hall–Kier alpha value is -3.52. The van der Waals surface area contributed by atoms with E-state index < -0.39 is 35.1 Å². The fourth-order valence-electron chi connectivity index (χ4n) is 4.29. The zero-order valence-electron chi connectivity index (χ0n) is 19.1. The van der Waals surface area contributed by atoms with Crippen LogP contribution in [0.3, 0.4) is 0 Å². The second kappa shape index (κ2) is 10.00. The van der Waals surface area contributed by atoms with Crippen LogP contribution < -0.4 is 9.80 Å². The van der Waals surface area contributed by atoms with E-state index in [1.54, 1.807) is 36.4 Å². The van der Waals surface area contributed by atoms with E-state index in [4.69, 9.17) is 0 Å². The van der Waals surface area contributed by atoms with E-state index in [0.717, 1.165) is 46.3 Å². The van der Waals surface area contributed by atoms with Crippen molar-refractivity contribution < 1.29 is 23.5 Å². The number of amides is 1. The standard InChI is InChI=1S/C27H23BrF2N2O3/c1-3-31(4-2)20-12-7-16(8-13-20)24-23(25(33)17-5-9-18(28)10-6-17)26(34)27(35)32(24)22-15-19(29)11-14-21(22)30/h5-15,24,33H,3-4H2,1-2H3/b25-23+. The summed E-state index contributed by atoms with van der Waals surface area (Å²) in [6.45, 7) is 5.62. The van der Waals surface area contributed by atoms with E-state index in [1.807, 2.05) is 26.0 Å². The molecular formula is C27H23BrF2N2O3. The minimum absolute atomic E-state index is 0.198. The van der Waals surface area contributed by atoms with Gasteiger partial charge in [0.15, 0.2) is 0 Å². The van der Waals surface area contributed by atoms with Gasteiger partial charge in [0.2, 0.25) is 0 Å². The van der Waals surface area contributed by atoms with Gasteiger partial charge in [0.25, 0.3) is 11.7 Å². The largest absolute Gasteiger partial charge is 0.507 e. The van der Waals surface area contributed by atoms with E-state index in [0.29, 0.717) is 11.1 Å². The van der Waals surface area contributed by atoms with E-state index >= 15 is 0 Å². The van der Waals surface area contributed by atoms with Crippen molar-refractivity contribution in [1.82, 2.24) is 0 Å². The molecular weight excluding hydrogens is 518 g/mol. The quantitative estimate of drug-likeness (QED) is 0.230. The Morgan fingerprint density at radius 1 is 0.971 bits per heavy atom. The zero-order chi connectivity index (χ0) is 25.3. The van der Waals surface area contributed by atoms with Crippen molar-refractivity contribution in [3.63, 3.8) is 0 Å². The molecule has 1 fully saturated rings. The van der Waals surface area contributed by atoms with Crippen molar-refractivity contribution in [2.24, 2.45) is 0 Å². The highest BCUT2D eigenvalue weighted by Gasteiger charge is 2.47. The molecule has 1 aliphatic rings. The lowest BCUT2D eigenvalue weighted by Crippen LogP contribution is -2.30. The first-order chi connectivity index (χ1) is 16.8. The number of rotatable bonds is 6. The van der Waals surface area contributed by atoms with Crippen molar-refractivity contribution in [1.29, 1.82) is 0 Å². The molecule has 4 rings (SSSR count). The second-order valence-corrected chi connectivity index (χ2v) is 8.95. The molecule has 0 bridgehead atoms. The van der Waals surface area contributed by atoms with Gasteiger partial charge in [0.05, 0.1) is 17.3 Å². The van der Waals surface area contributed by atoms with Crippen molar-refractivity contribution in [2.75, 3.05) is 22.9 Å². The number of benzene rings is 3. The molecule has 0 radical (unpaired) electrons.